The molecule has 0 saturated carbocycles. The molecule has 25 heavy (non-hydrogen) atoms. The Morgan fingerprint density at radius 1 is 1.28 bits per heavy atom. The standard InChI is InChI=1S/C18H16BrFN2O3/c19-13-3-1-2-12(10-13)11-21-16(23)18(25)8-9-22(17(18)24)15-6-4-14(20)5-7-15/h1-7,10,25H,8-9,11H2,(H,21,23)/t18-/m0/s1. The van der Waals surface area contributed by atoms with Crippen molar-refractivity contribution in [3.63, 3.8) is 0 Å². The van der Waals surface area contributed by atoms with E-state index in [1.807, 2.05) is 24.3 Å². The Labute approximate surface area is 152 Å². The SMILES string of the molecule is O=C(NCc1cccc(Br)c1)[C@@]1(O)CCN(c2ccc(F)cc2)C1=O. The predicted molar refractivity (Wildman–Crippen MR) is 94.3 cm³/mol. The van der Waals surface area contributed by atoms with E-state index in [1.165, 1.54) is 29.2 Å². The highest BCUT2D eigenvalue weighted by atomic mass is 79.9. The van der Waals surface area contributed by atoms with Crippen molar-refractivity contribution in [3.8, 4) is 0 Å². The van der Waals surface area contributed by atoms with E-state index in [2.05, 4.69) is 21.2 Å². The third-order valence-corrected chi connectivity index (χ3v) is 4.65. The van der Waals surface area contributed by atoms with Gasteiger partial charge in [0.2, 0.25) is 5.60 Å². The molecule has 0 spiro atoms. The normalized spacial score (nSPS) is 20.0. The molecule has 1 aliphatic rings. The molecule has 2 N–H and O–H groups in total. The summed E-state index contributed by atoms with van der Waals surface area (Å²) in [6.45, 7) is 0.385. The van der Waals surface area contributed by atoms with Gasteiger partial charge in [-0.25, -0.2) is 4.39 Å². The minimum Gasteiger partial charge on any atom is -0.372 e. The lowest BCUT2D eigenvalue weighted by Gasteiger charge is -2.21. The summed E-state index contributed by atoms with van der Waals surface area (Å²) in [5.41, 5.74) is -0.824. The first kappa shape index (κ1) is 17.6. The number of rotatable bonds is 4. The molecule has 5 nitrogen and oxygen atoms in total. The fraction of sp³-hybridized carbons (Fsp3) is 0.222. The molecular weight excluding hydrogens is 391 g/mol. The van der Waals surface area contributed by atoms with Crippen LogP contribution >= 0.6 is 15.9 Å². The van der Waals surface area contributed by atoms with E-state index in [4.69, 9.17) is 0 Å². The molecule has 2 aromatic rings. The van der Waals surface area contributed by atoms with Crippen molar-refractivity contribution < 1.29 is 19.1 Å². The Morgan fingerprint density at radius 2 is 2.00 bits per heavy atom. The van der Waals surface area contributed by atoms with Crippen molar-refractivity contribution in [1.82, 2.24) is 5.32 Å². The van der Waals surface area contributed by atoms with E-state index >= 15 is 0 Å². The zero-order valence-corrected chi connectivity index (χ0v) is 14.8. The highest BCUT2D eigenvalue weighted by molar-refractivity contribution is 9.10. The van der Waals surface area contributed by atoms with Crippen LogP contribution in [0.15, 0.2) is 53.0 Å². The molecular formula is C18H16BrFN2O3. The number of hydrogen-bond acceptors (Lipinski definition) is 3. The minimum atomic E-state index is -2.11. The number of aliphatic hydroxyl groups is 1. The first-order chi connectivity index (χ1) is 11.9. The van der Waals surface area contributed by atoms with Gasteiger partial charge >= 0.3 is 0 Å². The summed E-state index contributed by atoms with van der Waals surface area (Å²) in [6, 6.07) is 12.7. The van der Waals surface area contributed by atoms with Gasteiger partial charge in [0.1, 0.15) is 5.82 Å². The summed E-state index contributed by atoms with van der Waals surface area (Å²) in [4.78, 5) is 26.2. The van der Waals surface area contributed by atoms with Crippen LogP contribution in [0.25, 0.3) is 0 Å². The summed E-state index contributed by atoms with van der Waals surface area (Å²) in [5.74, 6) is -1.86. The van der Waals surface area contributed by atoms with Gasteiger partial charge in [-0.3, -0.25) is 9.59 Å². The van der Waals surface area contributed by atoms with Crippen LogP contribution in [-0.4, -0.2) is 29.1 Å². The van der Waals surface area contributed by atoms with E-state index in [-0.39, 0.29) is 19.5 Å². The number of amides is 2. The minimum absolute atomic E-state index is 0.0203. The van der Waals surface area contributed by atoms with Crippen molar-refractivity contribution in [2.45, 2.75) is 18.6 Å². The number of nitrogens with zero attached hydrogens (tertiary/aromatic N) is 1. The molecule has 0 aromatic heterocycles. The van der Waals surface area contributed by atoms with Crippen LogP contribution in [0.4, 0.5) is 10.1 Å². The van der Waals surface area contributed by atoms with Crippen LogP contribution in [0.3, 0.4) is 0 Å². The Bertz CT molecular complexity index is 812. The predicted octanol–water partition coefficient (Wildman–Crippen LogP) is 2.37. The van der Waals surface area contributed by atoms with Crippen molar-refractivity contribution in [2.75, 3.05) is 11.4 Å². The summed E-state index contributed by atoms with van der Waals surface area (Å²) >= 11 is 3.34. The van der Waals surface area contributed by atoms with Gasteiger partial charge in [-0.2, -0.15) is 0 Å². The number of carbonyl (C=O) groups is 2. The number of anilines is 1. The van der Waals surface area contributed by atoms with E-state index < -0.39 is 23.2 Å². The van der Waals surface area contributed by atoms with Crippen molar-refractivity contribution >= 4 is 33.4 Å². The number of hydrogen-bond donors (Lipinski definition) is 2. The van der Waals surface area contributed by atoms with Crippen LogP contribution in [0.5, 0.6) is 0 Å². The van der Waals surface area contributed by atoms with Gasteiger partial charge in [-0.05, 0) is 42.0 Å². The molecule has 0 bridgehead atoms. The molecule has 1 aliphatic heterocycles. The van der Waals surface area contributed by atoms with Crippen molar-refractivity contribution in [1.29, 1.82) is 0 Å². The molecule has 2 aromatic carbocycles. The molecule has 2 amide bonds. The first-order valence-corrected chi connectivity index (χ1v) is 8.52. The van der Waals surface area contributed by atoms with Gasteiger partial charge in [0.25, 0.3) is 11.8 Å². The molecule has 0 radical (unpaired) electrons. The smallest absolute Gasteiger partial charge is 0.268 e. The molecule has 7 heteroatoms. The lowest BCUT2D eigenvalue weighted by atomic mass is 10.0. The lowest BCUT2D eigenvalue weighted by molar-refractivity contribution is -0.149. The number of nitrogens with one attached hydrogen (secondary N) is 1. The average Bonchev–Trinajstić information content (AvgIpc) is 2.90. The quantitative estimate of drug-likeness (QED) is 0.765. The Morgan fingerprint density at radius 3 is 2.68 bits per heavy atom. The second kappa shape index (κ2) is 6.93. The van der Waals surface area contributed by atoms with E-state index in [0.717, 1.165) is 10.0 Å². The summed E-state index contributed by atoms with van der Waals surface area (Å²) in [6.07, 6.45) is -0.0203. The largest absolute Gasteiger partial charge is 0.372 e. The van der Waals surface area contributed by atoms with Gasteiger partial charge < -0.3 is 15.3 Å². The Kier molecular flexibility index (Phi) is 4.87. The first-order valence-electron chi connectivity index (χ1n) is 7.73. The summed E-state index contributed by atoms with van der Waals surface area (Å²) in [5, 5.41) is 13.2. The molecule has 0 unspecified atom stereocenters. The second-order valence-corrected chi connectivity index (χ2v) is 6.77. The van der Waals surface area contributed by atoms with E-state index in [9.17, 15) is 19.1 Å². The Hall–Kier alpha value is -2.25. The van der Waals surface area contributed by atoms with Crippen molar-refractivity contribution in [3.05, 3.63) is 64.4 Å². The number of carbonyl (C=O) groups excluding carboxylic acids is 2. The summed E-state index contributed by atoms with van der Waals surface area (Å²) < 4.78 is 13.9. The van der Waals surface area contributed by atoms with Crippen LogP contribution in [0, 0.1) is 5.82 Å². The van der Waals surface area contributed by atoms with Crippen LogP contribution in [-0.2, 0) is 16.1 Å². The third-order valence-electron chi connectivity index (χ3n) is 4.15. The summed E-state index contributed by atoms with van der Waals surface area (Å²) in [7, 11) is 0. The van der Waals surface area contributed by atoms with E-state index in [0.29, 0.717) is 5.69 Å². The average molecular weight is 407 g/mol. The topological polar surface area (TPSA) is 69.6 Å². The Balaban J connectivity index is 1.69. The molecule has 3 rings (SSSR count). The third kappa shape index (κ3) is 3.57. The number of benzene rings is 2. The van der Waals surface area contributed by atoms with Crippen molar-refractivity contribution in [2.24, 2.45) is 0 Å². The zero-order chi connectivity index (χ0) is 18.0. The molecule has 130 valence electrons. The maximum absolute atomic E-state index is 13.0. The fourth-order valence-corrected chi connectivity index (χ4v) is 3.21. The maximum Gasteiger partial charge on any atom is 0.268 e. The fourth-order valence-electron chi connectivity index (χ4n) is 2.76. The zero-order valence-electron chi connectivity index (χ0n) is 13.2. The van der Waals surface area contributed by atoms with Gasteiger partial charge in [0, 0.05) is 29.7 Å². The van der Waals surface area contributed by atoms with Gasteiger partial charge in [0.05, 0.1) is 0 Å². The molecule has 1 saturated heterocycles. The van der Waals surface area contributed by atoms with Crippen LogP contribution in [0.2, 0.25) is 0 Å². The second-order valence-electron chi connectivity index (χ2n) is 5.86. The monoisotopic (exact) mass is 406 g/mol. The lowest BCUT2D eigenvalue weighted by Crippen LogP contribution is -2.52. The highest BCUT2D eigenvalue weighted by Gasteiger charge is 2.51. The van der Waals surface area contributed by atoms with Gasteiger partial charge in [-0.1, -0.05) is 28.1 Å². The molecule has 0 aliphatic carbocycles. The molecule has 1 heterocycles. The van der Waals surface area contributed by atoms with Crippen LogP contribution < -0.4 is 10.2 Å². The maximum atomic E-state index is 13.0. The van der Waals surface area contributed by atoms with Crippen LogP contribution in [0.1, 0.15) is 12.0 Å². The van der Waals surface area contributed by atoms with E-state index in [1.54, 1.807) is 0 Å². The molecule has 1 atom stereocenters. The molecule has 1 fully saturated rings. The van der Waals surface area contributed by atoms with Gasteiger partial charge in [0.15, 0.2) is 0 Å². The highest BCUT2D eigenvalue weighted by Crippen LogP contribution is 2.28. The van der Waals surface area contributed by atoms with Gasteiger partial charge in [-0.15, -0.1) is 0 Å². The number of halogens is 2.